The Morgan fingerprint density at radius 2 is 1.30 bits per heavy atom. The van der Waals surface area contributed by atoms with E-state index in [1.165, 1.54) is 90.0 Å². The van der Waals surface area contributed by atoms with Gasteiger partial charge in [0.05, 0.1) is 28.2 Å². The first-order valence-electron chi connectivity index (χ1n) is 27.0. The number of pyridine rings is 1. The summed E-state index contributed by atoms with van der Waals surface area (Å²) in [6, 6.07) is 62.5. The maximum absolute atomic E-state index is 7.28. The van der Waals surface area contributed by atoms with Gasteiger partial charge in [-0.05, 0) is 112 Å². The molecule has 11 rings (SSSR count). The molecule has 7 aromatic carbocycles. The molecule has 0 atom stereocenters. The standard InChI is InChI=1S/C51H47N2O.C13H12N.Ir/c1-33(2)43-29-40(36-18-10-6-11-19-36)30-44(34(3)4)49(43)53-47-23-15-14-22-46(47)52-51(53)42-28-41-32-48(39-20-12-7-13-21-39)54-50(41)45(31-42)38-26-24-37(25-27-38)35-16-8-5-9-17-35;1-10-3-6-12(7-4-10)13-8-5-11(2)9-14-13;/h6-7,10-15,18-27,29-35H,5,8-9,16-17H2,1-4H3;3-6,8-9H,1-2H3;/q2*-1;/i;1D3,2D3;. The van der Waals surface area contributed by atoms with E-state index in [1.807, 2.05) is 6.07 Å². The van der Waals surface area contributed by atoms with Crippen LogP contribution in [0.15, 0.2) is 174 Å². The Morgan fingerprint density at radius 3 is 1.94 bits per heavy atom. The van der Waals surface area contributed by atoms with Crippen LogP contribution >= 0.6 is 0 Å². The summed E-state index contributed by atoms with van der Waals surface area (Å²) in [5.74, 6) is 2.94. The van der Waals surface area contributed by atoms with Gasteiger partial charge >= 0.3 is 0 Å². The number of imidazole rings is 1. The summed E-state index contributed by atoms with van der Waals surface area (Å²) in [5, 5.41) is 0.948. The summed E-state index contributed by atoms with van der Waals surface area (Å²) >= 11 is 0. The molecule has 3 heterocycles. The first-order valence-corrected chi connectivity index (χ1v) is 24.0. The van der Waals surface area contributed by atoms with Crippen LogP contribution in [0.25, 0.3) is 83.9 Å². The molecule has 0 saturated heterocycles. The minimum atomic E-state index is -2.18. The number of fused-ring (bicyclic) bond motifs is 2. The zero-order chi connectivity index (χ0) is 51.7. The molecule has 0 N–H and O–H groups in total. The Kier molecular flexibility index (Phi) is 12.2. The van der Waals surface area contributed by atoms with Gasteiger partial charge in [0.1, 0.15) is 0 Å². The van der Waals surface area contributed by atoms with E-state index < -0.39 is 13.7 Å². The molecule has 0 bridgehead atoms. The van der Waals surface area contributed by atoms with Crippen molar-refractivity contribution in [1.82, 2.24) is 14.5 Å². The molecule has 5 heteroatoms. The molecular weight excluding hydrogens is 1020 g/mol. The molecule has 347 valence electrons. The van der Waals surface area contributed by atoms with Crippen molar-refractivity contribution < 1.29 is 32.7 Å². The fourth-order valence-electron chi connectivity index (χ4n) is 9.71. The van der Waals surface area contributed by atoms with Crippen LogP contribution in [0.5, 0.6) is 0 Å². The Bertz CT molecular complexity index is 3450. The van der Waals surface area contributed by atoms with Crippen molar-refractivity contribution in [3.05, 3.63) is 210 Å². The van der Waals surface area contributed by atoms with Gasteiger partial charge in [0.15, 0.2) is 0 Å². The van der Waals surface area contributed by atoms with Crippen LogP contribution < -0.4 is 0 Å². The summed E-state index contributed by atoms with van der Waals surface area (Å²) in [7, 11) is 0. The third-order valence-corrected chi connectivity index (χ3v) is 13.3. The molecule has 4 nitrogen and oxygen atoms in total. The maximum Gasteiger partial charge on any atom is 0.0914 e. The number of aromatic nitrogens is 3. The normalized spacial score (nSPS) is 14.5. The maximum atomic E-state index is 7.28. The van der Waals surface area contributed by atoms with Crippen LogP contribution in [-0.2, 0) is 20.1 Å². The molecule has 3 aromatic heterocycles. The summed E-state index contributed by atoms with van der Waals surface area (Å²) in [6.45, 7) is 4.88. The molecule has 69 heavy (non-hydrogen) atoms. The first kappa shape index (κ1) is 40.3. The molecule has 1 radical (unpaired) electrons. The Hall–Kier alpha value is -6.65. The van der Waals surface area contributed by atoms with Crippen LogP contribution in [0.1, 0.15) is 114 Å². The molecular formula is C64H59IrN3O-2. The molecule has 0 spiro atoms. The Balaban J connectivity index is 0.000000277. The van der Waals surface area contributed by atoms with Crippen LogP contribution in [0.4, 0.5) is 0 Å². The predicted octanol–water partition coefficient (Wildman–Crippen LogP) is 17.7. The number of aryl methyl sites for hydroxylation is 2. The van der Waals surface area contributed by atoms with Gasteiger partial charge in [-0.15, -0.1) is 47.5 Å². The van der Waals surface area contributed by atoms with Crippen molar-refractivity contribution in [2.75, 3.05) is 0 Å². The summed E-state index contributed by atoms with van der Waals surface area (Å²) in [5.41, 5.74) is 16.4. The minimum absolute atomic E-state index is 0. The quantitative estimate of drug-likeness (QED) is 0.135. The van der Waals surface area contributed by atoms with Crippen molar-refractivity contribution in [3.8, 4) is 61.9 Å². The minimum Gasteiger partial charge on any atom is -0.499 e. The second-order valence-corrected chi connectivity index (χ2v) is 18.6. The molecule has 1 saturated carbocycles. The third kappa shape index (κ3) is 10.1. The number of benzene rings is 7. The number of furan rings is 1. The van der Waals surface area contributed by atoms with Crippen LogP contribution in [0.3, 0.4) is 0 Å². The summed E-state index contributed by atoms with van der Waals surface area (Å²) in [4.78, 5) is 9.50. The zero-order valence-corrected chi connectivity index (χ0v) is 41.9. The van der Waals surface area contributed by atoms with Crippen LogP contribution in [0.2, 0.25) is 0 Å². The van der Waals surface area contributed by atoms with Crippen LogP contribution in [0, 0.1) is 25.8 Å². The monoisotopic (exact) mass is 1080 g/mol. The van der Waals surface area contributed by atoms with E-state index in [9.17, 15) is 0 Å². The van der Waals surface area contributed by atoms with Gasteiger partial charge in [0.2, 0.25) is 0 Å². The molecule has 1 aliphatic carbocycles. The smallest absolute Gasteiger partial charge is 0.0914 e. The van der Waals surface area contributed by atoms with Gasteiger partial charge in [-0.1, -0.05) is 180 Å². The molecule has 10 aromatic rings. The molecule has 1 fully saturated rings. The average molecular weight is 1080 g/mol. The number of hydrogen-bond donors (Lipinski definition) is 0. The number of nitrogens with zero attached hydrogens (tertiary/aromatic N) is 3. The van der Waals surface area contributed by atoms with E-state index in [-0.39, 0.29) is 43.1 Å². The topological polar surface area (TPSA) is 43.9 Å². The fourth-order valence-corrected chi connectivity index (χ4v) is 9.71. The van der Waals surface area contributed by atoms with Crippen molar-refractivity contribution in [1.29, 1.82) is 0 Å². The van der Waals surface area contributed by atoms with Gasteiger partial charge in [-0.2, -0.15) is 0 Å². The molecule has 0 aliphatic heterocycles. The average Bonchev–Trinajstić information content (AvgIpc) is 4.05. The van der Waals surface area contributed by atoms with Gasteiger partial charge in [-0.3, -0.25) is 4.98 Å². The third-order valence-electron chi connectivity index (χ3n) is 13.3. The van der Waals surface area contributed by atoms with Crippen LogP contribution in [-0.4, -0.2) is 14.5 Å². The number of para-hydroxylation sites is 2. The van der Waals surface area contributed by atoms with Crippen molar-refractivity contribution in [2.45, 2.75) is 91.3 Å². The van der Waals surface area contributed by atoms with Gasteiger partial charge in [0, 0.05) is 45.8 Å². The van der Waals surface area contributed by atoms with Gasteiger partial charge < -0.3 is 14.0 Å². The van der Waals surface area contributed by atoms with Gasteiger partial charge in [-0.25, -0.2) is 0 Å². The number of rotatable bonds is 9. The van der Waals surface area contributed by atoms with Crippen molar-refractivity contribution >= 4 is 22.0 Å². The zero-order valence-electron chi connectivity index (χ0n) is 45.5. The van der Waals surface area contributed by atoms with E-state index >= 15 is 0 Å². The Morgan fingerprint density at radius 1 is 0.638 bits per heavy atom. The second-order valence-electron chi connectivity index (χ2n) is 18.6. The summed E-state index contributed by atoms with van der Waals surface area (Å²) in [6.07, 6.45) is 7.88. The van der Waals surface area contributed by atoms with E-state index in [1.54, 1.807) is 12.1 Å². The van der Waals surface area contributed by atoms with E-state index in [0.29, 0.717) is 17.2 Å². The van der Waals surface area contributed by atoms with Crippen molar-refractivity contribution in [3.63, 3.8) is 0 Å². The first-order chi connectivity index (χ1) is 35.6. The second kappa shape index (κ2) is 20.9. The molecule has 0 amide bonds. The van der Waals surface area contributed by atoms with E-state index in [2.05, 4.69) is 177 Å². The number of hydrogen-bond acceptors (Lipinski definition) is 3. The SMILES string of the molecule is CC(C)c1cc(-c2ccccc2)cc(C(C)C)c1-n1c(-c2[c-]c3cc(-c4ccccc4)oc3c(-c3ccc(C4CCCCC4)cc3)c2)nc2ccccc21.[2H]C([2H])([2H])c1c[c-]c(-c2ccc(C([2H])([2H])[2H])cn2)cc1.[Ir]. The molecule has 1 aliphatic rings. The fraction of sp³-hybridized carbons (Fsp3) is 0.219. The summed E-state index contributed by atoms with van der Waals surface area (Å²) < 4.78 is 52.8. The van der Waals surface area contributed by atoms with Gasteiger partial charge in [0.25, 0.3) is 0 Å². The predicted molar refractivity (Wildman–Crippen MR) is 283 cm³/mol. The van der Waals surface area contributed by atoms with E-state index in [0.717, 1.165) is 55.8 Å². The molecule has 0 unspecified atom stereocenters. The largest absolute Gasteiger partial charge is 0.499 e. The van der Waals surface area contributed by atoms with Crippen molar-refractivity contribution in [2.24, 2.45) is 0 Å². The van der Waals surface area contributed by atoms with E-state index in [4.69, 9.17) is 17.6 Å². The Labute approximate surface area is 430 Å².